The van der Waals surface area contributed by atoms with E-state index in [1.54, 1.807) is 0 Å². The smallest absolute Gasteiger partial charge is 0.123 e. The lowest BCUT2D eigenvalue weighted by molar-refractivity contribution is 0.258. The molecule has 17 heavy (non-hydrogen) atoms. The van der Waals surface area contributed by atoms with Gasteiger partial charge in [0.2, 0.25) is 0 Å². The maximum Gasteiger partial charge on any atom is 0.123 e. The fraction of sp³-hybridized carbons (Fsp3) is 0.571. The second-order valence-corrected chi connectivity index (χ2v) is 4.76. The van der Waals surface area contributed by atoms with E-state index in [1.165, 1.54) is 12.1 Å². The molecule has 2 atom stereocenters. The number of hydrogen-bond donors (Lipinski definition) is 2. The van der Waals surface area contributed by atoms with E-state index < -0.39 is 0 Å². The first-order valence-electron chi connectivity index (χ1n) is 6.20. The van der Waals surface area contributed by atoms with Crippen molar-refractivity contribution in [3.05, 3.63) is 35.6 Å². The highest BCUT2D eigenvalue weighted by atomic mass is 19.1. The molecule has 0 fully saturated rings. The normalized spacial score (nSPS) is 14.6. The molecule has 0 amide bonds. The zero-order valence-corrected chi connectivity index (χ0v) is 10.6. The highest BCUT2D eigenvalue weighted by Crippen LogP contribution is 2.06. The molecule has 0 saturated carbocycles. The van der Waals surface area contributed by atoms with Crippen LogP contribution in [0.25, 0.3) is 0 Å². The first-order valence-corrected chi connectivity index (χ1v) is 6.20. The van der Waals surface area contributed by atoms with Gasteiger partial charge in [0.15, 0.2) is 0 Å². The molecule has 0 heterocycles. The Morgan fingerprint density at radius 3 is 2.47 bits per heavy atom. The molecular formula is C14H22FNO. The van der Waals surface area contributed by atoms with Crippen LogP contribution in [0.4, 0.5) is 4.39 Å². The third-order valence-corrected chi connectivity index (χ3v) is 2.89. The van der Waals surface area contributed by atoms with Gasteiger partial charge in [-0.15, -0.1) is 0 Å². The number of aliphatic hydroxyl groups is 1. The van der Waals surface area contributed by atoms with Crippen molar-refractivity contribution in [1.29, 1.82) is 0 Å². The molecule has 0 saturated heterocycles. The van der Waals surface area contributed by atoms with Crippen LogP contribution < -0.4 is 5.32 Å². The van der Waals surface area contributed by atoms with Crippen LogP contribution >= 0.6 is 0 Å². The lowest BCUT2D eigenvalue weighted by atomic mass is 10.1. The molecule has 2 nitrogen and oxygen atoms in total. The fourth-order valence-electron chi connectivity index (χ4n) is 1.77. The van der Waals surface area contributed by atoms with Crippen molar-refractivity contribution in [2.45, 2.75) is 32.7 Å². The highest BCUT2D eigenvalue weighted by Gasteiger charge is 2.06. The SMILES string of the molecule is CC(CCO)CNC(C)Cc1ccc(F)cc1. The number of hydrogen-bond acceptors (Lipinski definition) is 2. The fourth-order valence-corrected chi connectivity index (χ4v) is 1.77. The number of halogens is 1. The quantitative estimate of drug-likeness (QED) is 0.765. The van der Waals surface area contributed by atoms with Gasteiger partial charge in [0.1, 0.15) is 5.82 Å². The van der Waals surface area contributed by atoms with Crippen molar-refractivity contribution in [3.63, 3.8) is 0 Å². The summed E-state index contributed by atoms with van der Waals surface area (Å²) in [5.74, 6) is 0.293. The molecule has 0 bridgehead atoms. The van der Waals surface area contributed by atoms with E-state index in [9.17, 15) is 4.39 Å². The van der Waals surface area contributed by atoms with Crippen LogP contribution in [0.1, 0.15) is 25.8 Å². The van der Waals surface area contributed by atoms with E-state index in [4.69, 9.17) is 5.11 Å². The lowest BCUT2D eigenvalue weighted by Gasteiger charge is -2.17. The van der Waals surface area contributed by atoms with Crippen LogP contribution in [0.15, 0.2) is 24.3 Å². The van der Waals surface area contributed by atoms with Crippen molar-refractivity contribution in [1.82, 2.24) is 5.32 Å². The molecule has 0 aliphatic rings. The minimum absolute atomic E-state index is 0.189. The zero-order chi connectivity index (χ0) is 12.7. The number of aliphatic hydroxyl groups excluding tert-OH is 1. The molecule has 2 unspecified atom stereocenters. The zero-order valence-electron chi connectivity index (χ0n) is 10.6. The van der Waals surface area contributed by atoms with Crippen molar-refractivity contribution in [3.8, 4) is 0 Å². The Morgan fingerprint density at radius 2 is 1.88 bits per heavy atom. The summed E-state index contributed by atoms with van der Waals surface area (Å²) in [6, 6.07) is 7.00. The van der Waals surface area contributed by atoms with Crippen molar-refractivity contribution in [2.75, 3.05) is 13.2 Å². The summed E-state index contributed by atoms with van der Waals surface area (Å²) in [5.41, 5.74) is 1.14. The minimum atomic E-state index is -0.189. The summed E-state index contributed by atoms with van der Waals surface area (Å²) in [6.07, 6.45) is 1.72. The predicted octanol–water partition coefficient (Wildman–Crippen LogP) is 2.36. The minimum Gasteiger partial charge on any atom is -0.396 e. The van der Waals surface area contributed by atoms with Crippen LogP contribution in [0, 0.1) is 11.7 Å². The van der Waals surface area contributed by atoms with E-state index in [-0.39, 0.29) is 12.4 Å². The summed E-state index contributed by atoms with van der Waals surface area (Å²) < 4.78 is 12.7. The lowest BCUT2D eigenvalue weighted by Crippen LogP contribution is -2.32. The van der Waals surface area contributed by atoms with Gasteiger partial charge in [-0.2, -0.15) is 0 Å². The van der Waals surface area contributed by atoms with Gasteiger partial charge >= 0.3 is 0 Å². The first kappa shape index (κ1) is 14.1. The predicted molar refractivity (Wildman–Crippen MR) is 68.4 cm³/mol. The molecule has 2 N–H and O–H groups in total. The molecule has 0 aliphatic heterocycles. The number of benzene rings is 1. The molecule has 0 spiro atoms. The molecule has 1 aromatic carbocycles. The molecule has 0 radical (unpaired) electrons. The highest BCUT2D eigenvalue weighted by molar-refractivity contribution is 5.16. The first-order chi connectivity index (χ1) is 8.11. The molecule has 1 aromatic rings. The largest absolute Gasteiger partial charge is 0.396 e. The van der Waals surface area contributed by atoms with E-state index in [0.29, 0.717) is 12.0 Å². The summed E-state index contributed by atoms with van der Waals surface area (Å²) >= 11 is 0. The van der Waals surface area contributed by atoms with Gasteiger partial charge in [-0.1, -0.05) is 19.1 Å². The summed E-state index contributed by atoms with van der Waals surface area (Å²) in [4.78, 5) is 0. The third-order valence-electron chi connectivity index (χ3n) is 2.89. The van der Waals surface area contributed by atoms with Gasteiger partial charge in [-0.25, -0.2) is 4.39 Å². The van der Waals surface area contributed by atoms with E-state index >= 15 is 0 Å². The summed E-state index contributed by atoms with van der Waals surface area (Å²) in [6.45, 7) is 5.39. The summed E-state index contributed by atoms with van der Waals surface area (Å²) in [5, 5.41) is 12.2. The molecule has 1 rings (SSSR count). The molecule has 96 valence electrons. The Morgan fingerprint density at radius 1 is 1.24 bits per heavy atom. The molecule has 0 aromatic heterocycles. The van der Waals surface area contributed by atoms with Crippen molar-refractivity contribution >= 4 is 0 Å². The maximum absolute atomic E-state index is 12.7. The van der Waals surface area contributed by atoms with Crippen LogP contribution in [-0.2, 0) is 6.42 Å². The van der Waals surface area contributed by atoms with Crippen LogP contribution in [0.5, 0.6) is 0 Å². The van der Waals surface area contributed by atoms with Crippen molar-refractivity contribution < 1.29 is 9.50 Å². The Balaban J connectivity index is 2.29. The Kier molecular flexibility index (Phi) is 6.16. The monoisotopic (exact) mass is 239 g/mol. The number of rotatable bonds is 7. The average molecular weight is 239 g/mol. The average Bonchev–Trinajstić information content (AvgIpc) is 2.30. The Hall–Kier alpha value is -0.930. The standard InChI is InChI=1S/C14H22FNO/c1-11(7-8-17)10-16-12(2)9-13-3-5-14(15)6-4-13/h3-6,11-12,16-17H,7-10H2,1-2H3. The van der Waals surface area contributed by atoms with Gasteiger partial charge in [-0.3, -0.25) is 0 Å². The maximum atomic E-state index is 12.7. The molecular weight excluding hydrogens is 217 g/mol. The number of nitrogens with one attached hydrogen (secondary N) is 1. The molecule has 3 heteroatoms. The van der Waals surface area contributed by atoms with Gasteiger partial charge in [0.25, 0.3) is 0 Å². The summed E-state index contributed by atoms with van der Waals surface area (Å²) in [7, 11) is 0. The van der Waals surface area contributed by atoms with Crippen LogP contribution in [0.3, 0.4) is 0 Å². The van der Waals surface area contributed by atoms with Gasteiger partial charge in [0.05, 0.1) is 0 Å². The van der Waals surface area contributed by atoms with E-state index in [0.717, 1.165) is 24.9 Å². The van der Waals surface area contributed by atoms with Gasteiger partial charge < -0.3 is 10.4 Å². The van der Waals surface area contributed by atoms with E-state index in [1.807, 2.05) is 12.1 Å². The Labute approximate surface area is 103 Å². The van der Waals surface area contributed by atoms with E-state index in [2.05, 4.69) is 19.2 Å². The third kappa shape index (κ3) is 5.80. The van der Waals surface area contributed by atoms with Crippen LogP contribution in [0.2, 0.25) is 0 Å². The second kappa shape index (κ2) is 7.41. The topological polar surface area (TPSA) is 32.3 Å². The van der Waals surface area contributed by atoms with Crippen molar-refractivity contribution in [2.24, 2.45) is 5.92 Å². The van der Waals surface area contributed by atoms with Crippen LogP contribution in [-0.4, -0.2) is 24.3 Å². The van der Waals surface area contributed by atoms with Gasteiger partial charge in [0, 0.05) is 12.6 Å². The molecule has 0 aliphatic carbocycles. The van der Waals surface area contributed by atoms with Gasteiger partial charge in [-0.05, 0) is 49.9 Å². The second-order valence-electron chi connectivity index (χ2n) is 4.76. The Bertz CT molecular complexity index is 313.